The Morgan fingerprint density at radius 2 is 2.07 bits per heavy atom. The summed E-state index contributed by atoms with van der Waals surface area (Å²) in [4.78, 5) is 0. The molecule has 1 saturated heterocycles. The molecule has 1 heterocycles. The Labute approximate surface area is 88.5 Å². The zero-order valence-corrected chi connectivity index (χ0v) is 8.76. The molecule has 1 nitrogen and oxygen atoms in total. The molecule has 0 saturated carbocycles. The minimum atomic E-state index is -2.74. The summed E-state index contributed by atoms with van der Waals surface area (Å²) in [6, 6.07) is 6.87. The lowest BCUT2D eigenvalue weighted by Crippen LogP contribution is -2.15. The Morgan fingerprint density at radius 3 is 2.67 bits per heavy atom. The van der Waals surface area contributed by atoms with E-state index in [4.69, 9.17) is 0 Å². The third kappa shape index (κ3) is 2.17. The molecule has 1 atom stereocenters. The molecule has 15 heavy (non-hydrogen) atoms. The maximum absolute atomic E-state index is 13.3. The SMILES string of the molecule is CC(F)(F)c1ccccc1C1CCNC1. The molecule has 1 unspecified atom stereocenters. The van der Waals surface area contributed by atoms with Gasteiger partial charge in [0.1, 0.15) is 0 Å². The summed E-state index contributed by atoms with van der Waals surface area (Å²) >= 11 is 0. The van der Waals surface area contributed by atoms with Crippen LogP contribution in [0.4, 0.5) is 8.78 Å². The first kappa shape index (κ1) is 10.6. The second-order valence-corrected chi connectivity index (χ2v) is 4.17. The average molecular weight is 211 g/mol. The van der Waals surface area contributed by atoms with Crippen LogP contribution in [0.3, 0.4) is 0 Å². The van der Waals surface area contributed by atoms with Gasteiger partial charge in [0.2, 0.25) is 0 Å². The molecule has 0 amide bonds. The molecule has 0 radical (unpaired) electrons. The van der Waals surface area contributed by atoms with Gasteiger partial charge in [-0.15, -0.1) is 0 Å². The maximum Gasteiger partial charge on any atom is 0.270 e. The van der Waals surface area contributed by atoms with E-state index in [1.165, 1.54) is 6.07 Å². The first-order valence-corrected chi connectivity index (χ1v) is 5.27. The van der Waals surface area contributed by atoms with Gasteiger partial charge in [-0.2, -0.15) is 0 Å². The molecule has 0 bridgehead atoms. The van der Waals surface area contributed by atoms with Crippen molar-refractivity contribution in [3.05, 3.63) is 35.4 Å². The molecule has 1 N–H and O–H groups in total. The molecule has 1 aliphatic rings. The van der Waals surface area contributed by atoms with Crippen LogP contribution >= 0.6 is 0 Å². The molecule has 1 aromatic carbocycles. The van der Waals surface area contributed by atoms with Gasteiger partial charge in [-0.1, -0.05) is 24.3 Å². The van der Waals surface area contributed by atoms with E-state index in [0.717, 1.165) is 32.0 Å². The maximum atomic E-state index is 13.3. The fourth-order valence-electron chi connectivity index (χ4n) is 2.17. The Bertz CT molecular complexity index is 338. The molecule has 0 aliphatic carbocycles. The largest absolute Gasteiger partial charge is 0.316 e. The summed E-state index contributed by atoms with van der Waals surface area (Å²) in [5.74, 6) is -2.49. The van der Waals surface area contributed by atoms with E-state index >= 15 is 0 Å². The summed E-state index contributed by atoms with van der Waals surface area (Å²) in [5, 5.41) is 3.20. The summed E-state index contributed by atoms with van der Waals surface area (Å²) in [6.45, 7) is 2.70. The van der Waals surface area contributed by atoms with E-state index in [1.807, 2.05) is 12.1 Å². The van der Waals surface area contributed by atoms with Crippen molar-refractivity contribution in [2.24, 2.45) is 0 Å². The molecular formula is C12H15F2N. The van der Waals surface area contributed by atoms with Crippen molar-refractivity contribution in [2.45, 2.75) is 25.2 Å². The van der Waals surface area contributed by atoms with Crippen LogP contribution in [-0.4, -0.2) is 13.1 Å². The minimum absolute atomic E-state index is 0.179. The fraction of sp³-hybridized carbons (Fsp3) is 0.500. The summed E-state index contributed by atoms with van der Waals surface area (Å²) < 4.78 is 26.7. The van der Waals surface area contributed by atoms with Crippen molar-refractivity contribution in [3.8, 4) is 0 Å². The molecule has 1 aliphatic heterocycles. The zero-order valence-electron chi connectivity index (χ0n) is 8.76. The predicted octanol–water partition coefficient (Wildman–Crippen LogP) is 2.88. The Morgan fingerprint density at radius 1 is 1.33 bits per heavy atom. The van der Waals surface area contributed by atoms with Gasteiger partial charge in [0.25, 0.3) is 5.92 Å². The van der Waals surface area contributed by atoms with Gasteiger partial charge in [0, 0.05) is 19.0 Å². The second kappa shape index (κ2) is 3.89. The van der Waals surface area contributed by atoms with E-state index in [-0.39, 0.29) is 11.5 Å². The first-order valence-electron chi connectivity index (χ1n) is 5.27. The van der Waals surface area contributed by atoms with Crippen molar-refractivity contribution in [3.63, 3.8) is 0 Å². The van der Waals surface area contributed by atoms with Crippen LogP contribution < -0.4 is 5.32 Å². The van der Waals surface area contributed by atoms with Gasteiger partial charge in [0.05, 0.1) is 0 Å². The predicted molar refractivity (Wildman–Crippen MR) is 56.2 cm³/mol. The summed E-state index contributed by atoms with van der Waals surface area (Å²) in [7, 11) is 0. The molecule has 3 heteroatoms. The van der Waals surface area contributed by atoms with Crippen molar-refractivity contribution in [1.82, 2.24) is 5.32 Å². The molecular weight excluding hydrogens is 196 g/mol. The van der Waals surface area contributed by atoms with Gasteiger partial charge >= 0.3 is 0 Å². The molecule has 0 aromatic heterocycles. The molecule has 0 spiro atoms. The highest BCUT2D eigenvalue weighted by atomic mass is 19.3. The highest BCUT2D eigenvalue weighted by molar-refractivity contribution is 5.34. The van der Waals surface area contributed by atoms with E-state index in [9.17, 15) is 8.78 Å². The zero-order chi connectivity index (χ0) is 10.9. The topological polar surface area (TPSA) is 12.0 Å². The molecule has 82 valence electrons. The number of hydrogen-bond donors (Lipinski definition) is 1. The van der Waals surface area contributed by atoms with Crippen LogP contribution in [0.1, 0.15) is 30.4 Å². The smallest absolute Gasteiger partial charge is 0.270 e. The third-order valence-electron chi connectivity index (χ3n) is 2.93. The van der Waals surface area contributed by atoms with Gasteiger partial charge in [-0.05, 0) is 24.4 Å². The molecule has 1 fully saturated rings. The number of halogens is 2. The van der Waals surface area contributed by atoms with Crippen molar-refractivity contribution >= 4 is 0 Å². The van der Waals surface area contributed by atoms with Gasteiger partial charge < -0.3 is 5.32 Å². The standard InChI is InChI=1S/C12H15F2N/c1-12(13,14)11-5-3-2-4-10(11)9-6-7-15-8-9/h2-5,9,15H,6-8H2,1H3. The minimum Gasteiger partial charge on any atom is -0.316 e. The van der Waals surface area contributed by atoms with Crippen molar-refractivity contribution in [1.29, 1.82) is 0 Å². The van der Waals surface area contributed by atoms with Crippen molar-refractivity contribution in [2.75, 3.05) is 13.1 Å². The number of rotatable bonds is 2. The third-order valence-corrected chi connectivity index (χ3v) is 2.93. The number of alkyl halides is 2. The highest BCUT2D eigenvalue weighted by Gasteiger charge is 2.30. The lowest BCUT2D eigenvalue weighted by molar-refractivity contribution is 0.0162. The van der Waals surface area contributed by atoms with E-state index in [0.29, 0.717) is 0 Å². The average Bonchev–Trinajstić information content (AvgIpc) is 2.69. The van der Waals surface area contributed by atoms with Crippen molar-refractivity contribution < 1.29 is 8.78 Å². The van der Waals surface area contributed by atoms with Gasteiger partial charge in [-0.25, -0.2) is 8.78 Å². The quantitative estimate of drug-likeness (QED) is 0.793. The fourth-order valence-corrected chi connectivity index (χ4v) is 2.17. The van der Waals surface area contributed by atoms with Crippen LogP contribution in [0.5, 0.6) is 0 Å². The lowest BCUT2D eigenvalue weighted by atomic mass is 9.91. The second-order valence-electron chi connectivity index (χ2n) is 4.17. The van der Waals surface area contributed by atoms with Crippen LogP contribution in [0.25, 0.3) is 0 Å². The monoisotopic (exact) mass is 211 g/mol. The van der Waals surface area contributed by atoms with Crippen LogP contribution in [0.2, 0.25) is 0 Å². The van der Waals surface area contributed by atoms with Crippen LogP contribution in [-0.2, 0) is 5.92 Å². The normalized spacial score (nSPS) is 21.9. The molecule has 2 rings (SSSR count). The number of hydrogen-bond acceptors (Lipinski definition) is 1. The Kier molecular flexibility index (Phi) is 2.74. The van der Waals surface area contributed by atoms with Gasteiger partial charge in [0.15, 0.2) is 0 Å². The number of nitrogens with one attached hydrogen (secondary N) is 1. The Balaban J connectivity index is 2.37. The van der Waals surface area contributed by atoms with E-state index in [2.05, 4.69) is 5.32 Å². The summed E-state index contributed by atoms with van der Waals surface area (Å²) in [5.41, 5.74) is 0.980. The van der Waals surface area contributed by atoms with Gasteiger partial charge in [-0.3, -0.25) is 0 Å². The lowest BCUT2D eigenvalue weighted by Gasteiger charge is -2.19. The first-order chi connectivity index (χ1) is 7.09. The number of benzene rings is 1. The summed E-state index contributed by atoms with van der Waals surface area (Å²) in [6.07, 6.45) is 0.951. The Hall–Kier alpha value is -0.960. The molecule has 1 aromatic rings. The highest BCUT2D eigenvalue weighted by Crippen LogP contribution is 2.35. The van der Waals surface area contributed by atoms with Crippen LogP contribution in [0, 0.1) is 0 Å². The van der Waals surface area contributed by atoms with E-state index in [1.54, 1.807) is 6.07 Å². The van der Waals surface area contributed by atoms with E-state index < -0.39 is 5.92 Å². The van der Waals surface area contributed by atoms with Crippen LogP contribution in [0.15, 0.2) is 24.3 Å².